The molecule has 0 atom stereocenters. The Morgan fingerprint density at radius 2 is 1.85 bits per heavy atom. The minimum absolute atomic E-state index is 0.0908. The van der Waals surface area contributed by atoms with Gasteiger partial charge < -0.3 is 10.2 Å². The molecule has 0 aliphatic rings. The number of nitrogens with two attached hydrogens (primary N) is 1. The second kappa shape index (κ2) is 10.3. The molecule has 2 aromatic heterocycles. The first-order chi connectivity index (χ1) is 16.3. The van der Waals surface area contributed by atoms with Crippen LogP contribution in [0, 0.1) is 13.8 Å². The molecular weight excluding hydrogens is 450 g/mol. The zero-order valence-electron chi connectivity index (χ0n) is 19.3. The number of hydrogen-bond donors (Lipinski definition) is 1. The van der Waals surface area contributed by atoms with E-state index in [0.29, 0.717) is 46.8 Å². The Balaban J connectivity index is 1.66. The van der Waals surface area contributed by atoms with Crippen LogP contribution in [0.4, 0.5) is 0 Å². The minimum Gasteiger partial charge on any atom is -0.422 e. The largest absolute Gasteiger partial charge is 0.422 e. The van der Waals surface area contributed by atoms with Gasteiger partial charge in [0.15, 0.2) is 5.16 Å². The second-order valence-electron chi connectivity index (χ2n) is 8.41. The Morgan fingerprint density at radius 3 is 2.65 bits per heavy atom. The van der Waals surface area contributed by atoms with Gasteiger partial charge in [-0.25, -0.2) is 9.78 Å². The van der Waals surface area contributed by atoms with Gasteiger partial charge in [0.25, 0.3) is 5.56 Å². The molecule has 2 aromatic carbocycles. The number of nitrogens with zero attached hydrogens (tertiary/aromatic N) is 2. The predicted octanol–water partition coefficient (Wildman–Crippen LogP) is 4.46. The predicted molar refractivity (Wildman–Crippen MR) is 135 cm³/mol. The summed E-state index contributed by atoms with van der Waals surface area (Å²) in [6, 6.07) is 12.8. The van der Waals surface area contributed by atoms with E-state index in [1.54, 1.807) is 10.6 Å². The van der Waals surface area contributed by atoms with Crippen molar-refractivity contribution in [2.24, 2.45) is 5.73 Å². The molecule has 8 heteroatoms. The number of unbranched alkanes of at least 4 members (excludes halogenated alkanes) is 2. The van der Waals surface area contributed by atoms with Gasteiger partial charge in [-0.3, -0.25) is 14.2 Å². The number of carbonyl (C=O) groups excluding carboxylic acids is 1. The van der Waals surface area contributed by atoms with Gasteiger partial charge in [0, 0.05) is 30.2 Å². The zero-order valence-corrected chi connectivity index (χ0v) is 20.1. The van der Waals surface area contributed by atoms with Gasteiger partial charge in [-0.15, -0.1) is 0 Å². The number of benzene rings is 2. The van der Waals surface area contributed by atoms with Crippen molar-refractivity contribution in [2.75, 3.05) is 0 Å². The fourth-order valence-corrected chi connectivity index (χ4v) is 5.00. The summed E-state index contributed by atoms with van der Waals surface area (Å²) in [4.78, 5) is 41.2. The molecule has 0 aliphatic heterocycles. The number of fused-ring (bicyclic) bond motifs is 2. The van der Waals surface area contributed by atoms with E-state index in [0.717, 1.165) is 34.9 Å². The maximum atomic E-state index is 13.3. The quantitative estimate of drug-likeness (QED) is 0.165. The Hall–Kier alpha value is -3.39. The SMILES string of the molecule is Cc1ccc2c(CSc3nc4ccccc4c(=O)n3CCCCCC(N)=O)cc(=O)oc2c1C. The third-order valence-electron chi connectivity index (χ3n) is 6.01. The van der Waals surface area contributed by atoms with E-state index in [9.17, 15) is 14.4 Å². The van der Waals surface area contributed by atoms with Crippen LogP contribution in [0.15, 0.2) is 61.6 Å². The van der Waals surface area contributed by atoms with Crippen molar-refractivity contribution in [1.82, 2.24) is 9.55 Å². The van der Waals surface area contributed by atoms with Crippen LogP contribution in [0.2, 0.25) is 0 Å². The number of aryl methyl sites for hydroxylation is 2. The van der Waals surface area contributed by atoms with Crippen LogP contribution in [0.5, 0.6) is 0 Å². The van der Waals surface area contributed by atoms with E-state index in [4.69, 9.17) is 15.1 Å². The molecule has 4 aromatic rings. The molecule has 0 aliphatic carbocycles. The molecule has 0 unspecified atom stereocenters. The number of hydrogen-bond acceptors (Lipinski definition) is 6. The van der Waals surface area contributed by atoms with Crippen molar-refractivity contribution in [3.05, 3.63) is 79.9 Å². The molecule has 0 radical (unpaired) electrons. The van der Waals surface area contributed by atoms with Crippen molar-refractivity contribution in [2.45, 2.75) is 57.0 Å². The number of para-hydroxylation sites is 1. The highest BCUT2D eigenvalue weighted by atomic mass is 32.2. The summed E-state index contributed by atoms with van der Waals surface area (Å²) in [7, 11) is 0. The van der Waals surface area contributed by atoms with Crippen LogP contribution < -0.4 is 16.9 Å². The summed E-state index contributed by atoms with van der Waals surface area (Å²) >= 11 is 1.43. The first-order valence-electron chi connectivity index (χ1n) is 11.3. The lowest BCUT2D eigenvalue weighted by Crippen LogP contribution is -2.23. The Morgan fingerprint density at radius 1 is 1.06 bits per heavy atom. The number of thioether (sulfide) groups is 1. The van der Waals surface area contributed by atoms with Crippen LogP contribution in [-0.4, -0.2) is 15.5 Å². The fourth-order valence-electron chi connectivity index (χ4n) is 3.99. The van der Waals surface area contributed by atoms with E-state index in [-0.39, 0.29) is 11.5 Å². The lowest BCUT2D eigenvalue weighted by atomic mass is 10.0. The smallest absolute Gasteiger partial charge is 0.336 e. The number of rotatable bonds is 9. The molecule has 7 nitrogen and oxygen atoms in total. The standard InChI is InChI=1S/C26H27N3O4S/c1-16-11-12-19-18(14-23(31)33-24(19)17(16)2)15-34-26-28-21-9-6-5-8-20(21)25(32)29(26)13-7-3-4-10-22(27)30/h5-6,8-9,11-12,14H,3-4,7,10,13,15H2,1-2H3,(H2,27,30). The van der Waals surface area contributed by atoms with Crippen molar-refractivity contribution < 1.29 is 9.21 Å². The summed E-state index contributed by atoms with van der Waals surface area (Å²) in [6.45, 7) is 4.42. The van der Waals surface area contributed by atoms with Crippen molar-refractivity contribution in [3.8, 4) is 0 Å². The second-order valence-corrected chi connectivity index (χ2v) is 9.35. The summed E-state index contributed by atoms with van der Waals surface area (Å²) < 4.78 is 7.19. The molecule has 0 bridgehead atoms. The van der Waals surface area contributed by atoms with Gasteiger partial charge in [-0.2, -0.15) is 0 Å². The maximum absolute atomic E-state index is 13.3. The van der Waals surface area contributed by atoms with Crippen molar-refractivity contribution >= 4 is 39.5 Å². The van der Waals surface area contributed by atoms with Gasteiger partial charge in [-0.1, -0.05) is 42.4 Å². The van der Waals surface area contributed by atoms with E-state index >= 15 is 0 Å². The highest BCUT2D eigenvalue weighted by Crippen LogP contribution is 2.28. The van der Waals surface area contributed by atoms with E-state index in [2.05, 4.69) is 0 Å². The van der Waals surface area contributed by atoms with E-state index in [1.807, 2.05) is 44.2 Å². The van der Waals surface area contributed by atoms with Crippen molar-refractivity contribution in [3.63, 3.8) is 0 Å². The molecule has 0 fully saturated rings. The number of primary amides is 1. The number of amides is 1. The van der Waals surface area contributed by atoms with Gasteiger partial charge in [0.2, 0.25) is 5.91 Å². The molecule has 0 saturated carbocycles. The maximum Gasteiger partial charge on any atom is 0.336 e. The molecule has 0 spiro atoms. The average Bonchev–Trinajstić information content (AvgIpc) is 2.81. The van der Waals surface area contributed by atoms with Crippen LogP contribution in [-0.2, 0) is 17.1 Å². The average molecular weight is 478 g/mol. The first kappa shape index (κ1) is 23.8. The lowest BCUT2D eigenvalue weighted by molar-refractivity contribution is -0.118. The zero-order chi connectivity index (χ0) is 24.2. The normalized spacial score (nSPS) is 11.4. The van der Waals surface area contributed by atoms with E-state index < -0.39 is 5.63 Å². The lowest BCUT2D eigenvalue weighted by Gasteiger charge is -2.14. The third-order valence-corrected chi connectivity index (χ3v) is 7.03. The molecule has 2 N–H and O–H groups in total. The van der Waals surface area contributed by atoms with Crippen LogP contribution in [0.3, 0.4) is 0 Å². The molecule has 176 valence electrons. The highest BCUT2D eigenvalue weighted by molar-refractivity contribution is 7.98. The number of aromatic nitrogens is 2. The Kier molecular flexibility index (Phi) is 7.17. The molecule has 4 rings (SSSR count). The Labute approximate surface area is 201 Å². The molecular formula is C26H27N3O4S. The summed E-state index contributed by atoms with van der Waals surface area (Å²) in [6.07, 6.45) is 2.56. The van der Waals surface area contributed by atoms with Gasteiger partial charge in [-0.05, 0) is 55.5 Å². The van der Waals surface area contributed by atoms with Crippen LogP contribution >= 0.6 is 11.8 Å². The summed E-state index contributed by atoms with van der Waals surface area (Å²) in [5.74, 6) is 0.155. The van der Waals surface area contributed by atoms with Crippen molar-refractivity contribution in [1.29, 1.82) is 0 Å². The highest BCUT2D eigenvalue weighted by Gasteiger charge is 2.14. The third kappa shape index (κ3) is 5.07. The van der Waals surface area contributed by atoms with Crippen LogP contribution in [0.25, 0.3) is 21.9 Å². The fraction of sp³-hybridized carbons (Fsp3) is 0.308. The van der Waals surface area contributed by atoms with E-state index in [1.165, 1.54) is 17.8 Å². The molecule has 34 heavy (non-hydrogen) atoms. The van der Waals surface area contributed by atoms with Gasteiger partial charge >= 0.3 is 5.63 Å². The Bertz CT molecular complexity index is 1490. The van der Waals surface area contributed by atoms with Gasteiger partial charge in [0.05, 0.1) is 10.9 Å². The summed E-state index contributed by atoms with van der Waals surface area (Å²) in [5, 5.41) is 2.06. The molecule has 0 saturated heterocycles. The molecule has 1 amide bonds. The molecule has 2 heterocycles. The minimum atomic E-state index is -0.393. The first-order valence-corrected chi connectivity index (χ1v) is 12.3. The monoisotopic (exact) mass is 477 g/mol. The van der Waals surface area contributed by atoms with Crippen LogP contribution in [0.1, 0.15) is 42.4 Å². The number of carbonyl (C=O) groups is 1. The topological polar surface area (TPSA) is 108 Å². The van der Waals surface area contributed by atoms with Gasteiger partial charge in [0.1, 0.15) is 5.58 Å². The summed E-state index contributed by atoms with van der Waals surface area (Å²) in [5.41, 5.74) is 8.82.